The van der Waals surface area contributed by atoms with Crippen LogP contribution in [0, 0.1) is 0 Å². The molecule has 0 unspecified atom stereocenters. The Bertz CT molecular complexity index is 1040. The van der Waals surface area contributed by atoms with E-state index in [1.165, 1.54) is 0 Å². The SMILES string of the molecule is CCOC(=O)c1ccc(C2=[N+](C)c3ccccc3Oc3ccccc32)cc1. The van der Waals surface area contributed by atoms with Gasteiger partial charge in [0.05, 0.1) is 17.7 Å². The summed E-state index contributed by atoms with van der Waals surface area (Å²) in [5.41, 5.74) is 4.55. The van der Waals surface area contributed by atoms with Gasteiger partial charge in [0.15, 0.2) is 5.75 Å². The molecule has 0 radical (unpaired) electrons. The monoisotopic (exact) mass is 358 g/mol. The third-order valence-corrected chi connectivity index (χ3v) is 4.59. The van der Waals surface area contributed by atoms with Gasteiger partial charge in [0, 0.05) is 11.6 Å². The van der Waals surface area contributed by atoms with Crippen LogP contribution in [0.25, 0.3) is 0 Å². The molecule has 3 aromatic carbocycles. The molecule has 0 spiro atoms. The Morgan fingerprint density at radius 1 is 0.926 bits per heavy atom. The Morgan fingerprint density at radius 2 is 1.59 bits per heavy atom. The molecule has 0 amide bonds. The van der Waals surface area contributed by atoms with Crippen LogP contribution in [0.4, 0.5) is 5.69 Å². The van der Waals surface area contributed by atoms with E-state index in [0.29, 0.717) is 12.2 Å². The fourth-order valence-electron chi connectivity index (χ4n) is 3.32. The summed E-state index contributed by atoms with van der Waals surface area (Å²) >= 11 is 0. The van der Waals surface area contributed by atoms with E-state index in [0.717, 1.165) is 34.0 Å². The van der Waals surface area contributed by atoms with Gasteiger partial charge in [-0.3, -0.25) is 0 Å². The number of hydrogen-bond acceptors (Lipinski definition) is 3. The van der Waals surface area contributed by atoms with E-state index in [2.05, 4.69) is 4.58 Å². The molecule has 0 N–H and O–H groups in total. The van der Waals surface area contributed by atoms with Crippen molar-refractivity contribution in [1.82, 2.24) is 0 Å². The summed E-state index contributed by atoms with van der Waals surface area (Å²) in [5, 5.41) is 0. The summed E-state index contributed by atoms with van der Waals surface area (Å²) in [6, 6.07) is 23.4. The lowest BCUT2D eigenvalue weighted by atomic mass is 9.99. The van der Waals surface area contributed by atoms with E-state index in [9.17, 15) is 4.79 Å². The molecule has 0 atom stereocenters. The first-order valence-corrected chi connectivity index (χ1v) is 8.93. The standard InChI is InChI=1S/C23H20NO3/c1-3-26-23(25)17-14-12-16(13-15-17)22-18-8-4-6-10-20(18)27-21-11-7-5-9-19(21)24(22)2/h4-15H,3H2,1-2H3/q+1. The number of benzene rings is 3. The molecule has 0 fully saturated rings. The average molecular weight is 358 g/mol. The van der Waals surface area contributed by atoms with Crippen molar-refractivity contribution in [2.45, 2.75) is 6.92 Å². The molecule has 4 heteroatoms. The normalized spacial score (nSPS) is 12.5. The molecule has 27 heavy (non-hydrogen) atoms. The van der Waals surface area contributed by atoms with Gasteiger partial charge in [0.2, 0.25) is 11.4 Å². The molecular weight excluding hydrogens is 338 g/mol. The maximum absolute atomic E-state index is 12.0. The summed E-state index contributed by atoms with van der Waals surface area (Å²) in [7, 11) is 2.03. The highest BCUT2D eigenvalue weighted by Crippen LogP contribution is 2.37. The zero-order chi connectivity index (χ0) is 18.8. The molecule has 0 saturated carbocycles. The molecule has 0 saturated heterocycles. The Hall–Kier alpha value is -3.40. The van der Waals surface area contributed by atoms with Gasteiger partial charge in [-0.25, -0.2) is 4.79 Å². The van der Waals surface area contributed by atoms with E-state index in [1.807, 2.05) is 67.7 Å². The zero-order valence-electron chi connectivity index (χ0n) is 15.3. The second-order valence-corrected chi connectivity index (χ2v) is 6.27. The lowest BCUT2D eigenvalue weighted by Gasteiger charge is -2.08. The van der Waals surface area contributed by atoms with Gasteiger partial charge in [0.25, 0.3) is 0 Å². The number of carbonyl (C=O) groups excluding carboxylic acids is 1. The first-order valence-electron chi connectivity index (χ1n) is 8.93. The molecule has 0 aromatic heterocycles. The Kier molecular flexibility index (Phi) is 4.47. The molecule has 134 valence electrons. The maximum atomic E-state index is 12.0. The van der Waals surface area contributed by atoms with Crippen molar-refractivity contribution in [3.63, 3.8) is 0 Å². The van der Waals surface area contributed by atoms with E-state index in [4.69, 9.17) is 9.47 Å². The molecule has 1 heterocycles. The predicted molar refractivity (Wildman–Crippen MR) is 104 cm³/mol. The fraction of sp³-hybridized carbons (Fsp3) is 0.130. The summed E-state index contributed by atoms with van der Waals surface area (Å²) in [6.45, 7) is 2.17. The smallest absolute Gasteiger partial charge is 0.338 e. The summed E-state index contributed by atoms with van der Waals surface area (Å²) in [4.78, 5) is 12.0. The number of carbonyl (C=O) groups is 1. The van der Waals surface area contributed by atoms with Crippen LogP contribution >= 0.6 is 0 Å². The van der Waals surface area contributed by atoms with Crippen molar-refractivity contribution >= 4 is 17.4 Å². The van der Waals surface area contributed by atoms with Crippen LogP contribution in [-0.2, 0) is 4.74 Å². The Morgan fingerprint density at radius 3 is 2.33 bits per heavy atom. The van der Waals surface area contributed by atoms with Crippen molar-refractivity contribution in [3.05, 3.63) is 89.5 Å². The minimum absolute atomic E-state index is 0.308. The van der Waals surface area contributed by atoms with Gasteiger partial charge >= 0.3 is 5.97 Å². The highest BCUT2D eigenvalue weighted by molar-refractivity contribution is 6.12. The second kappa shape index (κ2) is 7.08. The molecule has 4 nitrogen and oxygen atoms in total. The molecule has 0 aliphatic carbocycles. The van der Waals surface area contributed by atoms with Crippen molar-refractivity contribution in [3.8, 4) is 11.5 Å². The van der Waals surface area contributed by atoms with E-state index in [-0.39, 0.29) is 5.97 Å². The lowest BCUT2D eigenvalue weighted by Crippen LogP contribution is -2.16. The zero-order valence-corrected chi connectivity index (χ0v) is 15.3. The van der Waals surface area contributed by atoms with E-state index >= 15 is 0 Å². The van der Waals surface area contributed by atoms with Crippen LogP contribution < -0.4 is 4.74 Å². The second-order valence-electron chi connectivity index (χ2n) is 6.27. The highest BCUT2D eigenvalue weighted by Gasteiger charge is 2.28. The van der Waals surface area contributed by atoms with Crippen LogP contribution in [-0.4, -0.2) is 29.9 Å². The van der Waals surface area contributed by atoms with Crippen molar-refractivity contribution in [2.24, 2.45) is 0 Å². The molecule has 1 aliphatic rings. The number of fused-ring (bicyclic) bond motifs is 2. The third-order valence-electron chi connectivity index (χ3n) is 4.59. The van der Waals surface area contributed by atoms with Crippen LogP contribution in [0.3, 0.4) is 0 Å². The van der Waals surface area contributed by atoms with Crippen LogP contribution in [0.5, 0.6) is 11.5 Å². The van der Waals surface area contributed by atoms with Gasteiger partial charge in [-0.2, -0.15) is 4.58 Å². The predicted octanol–water partition coefficient (Wildman–Crippen LogP) is 4.78. The molecule has 3 aromatic rings. The minimum atomic E-state index is -0.308. The number of hydrogen-bond donors (Lipinski definition) is 0. The molecular formula is C23H20NO3+. The number of esters is 1. The number of ether oxygens (including phenoxy) is 2. The van der Waals surface area contributed by atoms with Crippen LogP contribution in [0.2, 0.25) is 0 Å². The van der Waals surface area contributed by atoms with Gasteiger partial charge < -0.3 is 9.47 Å². The van der Waals surface area contributed by atoms with Crippen molar-refractivity contribution < 1.29 is 18.8 Å². The van der Waals surface area contributed by atoms with Gasteiger partial charge in [0.1, 0.15) is 12.8 Å². The third kappa shape index (κ3) is 3.10. The maximum Gasteiger partial charge on any atom is 0.338 e. The molecule has 1 aliphatic heterocycles. The summed E-state index contributed by atoms with van der Waals surface area (Å²) in [5.74, 6) is 1.31. The fourth-order valence-corrected chi connectivity index (χ4v) is 3.32. The Labute approximate surface area is 158 Å². The lowest BCUT2D eigenvalue weighted by molar-refractivity contribution is -0.403. The quantitative estimate of drug-likeness (QED) is 0.499. The minimum Gasteiger partial charge on any atom is -0.462 e. The number of nitrogens with zero attached hydrogens (tertiary/aromatic N) is 1. The first kappa shape index (κ1) is 17.0. The van der Waals surface area contributed by atoms with E-state index < -0.39 is 0 Å². The van der Waals surface area contributed by atoms with Crippen molar-refractivity contribution in [1.29, 1.82) is 0 Å². The number of rotatable bonds is 3. The highest BCUT2D eigenvalue weighted by atomic mass is 16.5. The Balaban J connectivity index is 1.88. The molecule has 4 rings (SSSR count). The van der Waals surface area contributed by atoms with Crippen LogP contribution in [0.1, 0.15) is 28.4 Å². The van der Waals surface area contributed by atoms with E-state index in [1.54, 1.807) is 19.1 Å². The van der Waals surface area contributed by atoms with Gasteiger partial charge in [-0.05, 0) is 49.4 Å². The summed E-state index contributed by atoms with van der Waals surface area (Å²) in [6.07, 6.45) is 0. The van der Waals surface area contributed by atoms with Gasteiger partial charge in [-0.1, -0.05) is 24.3 Å². The topological polar surface area (TPSA) is 38.5 Å². The molecule has 0 bridgehead atoms. The summed E-state index contributed by atoms with van der Waals surface area (Å²) < 4.78 is 13.4. The average Bonchev–Trinajstić information content (AvgIpc) is 2.82. The van der Waals surface area contributed by atoms with Crippen molar-refractivity contribution in [2.75, 3.05) is 13.7 Å². The first-order chi connectivity index (χ1) is 13.2. The largest absolute Gasteiger partial charge is 0.462 e. The van der Waals surface area contributed by atoms with Crippen LogP contribution in [0.15, 0.2) is 72.8 Å². The number of para-hydroxylation sites is 3. The van der Waals surface area contributed by atoms with Gasteiger partial charge in [-0.15, -0.1) is 0 Å².